The van der Waals surface area contributed by atoms with Crippen LogP contribution in [0.4, 0.5) is 5.95 Å². The van der Waals surface area contributed by atoms with Crippen LogP contribution in [0.2, 0.25) is 0 Å². The van der Waals surface area contributed by atoms with Gasteiger partial charge in [0.15, 0.2) is 0 Å². The fraction of sp³-hybridized carbons (Fsp3) is 0. The van der Waals surface area contributed by atoms with Gasteiger partial charge in [0.2, 0.25) is 5.95 Å². The van der Waals surface area contributed by atoms with Gasteiger partial charge in [0.1, 0.15) is 0 Å². The summed E-state index contributed by atoms with van der Waals surface area (Å²) in [5, 5.41) is 0.993. The van der Waals surface area contributed by atoms with Gasteiger partial charge in [-0.3, -0.25) is 4.98 Å². The van der Waals surface area contributed by atoms with Crippen LogP contribution in [0.3, 0.4) is 0 Å². The van der Waals surface area contributed by atoms with Gasteiger partial charge in [-0.05, 0) is 18.2 Å². The summed E-state index contributed by atoms with van der Waals surface area (Å²) in [6.45, 7) is 0. The van der Waals surface area contributed by atoms with E-state index < -0.39 is 0 Å². The molecule has 0 fully saturated rings. The first-order valence-corrected chi connectivity index (χ1v) is 7.35. The minimum atomic E-state index is 0.285. The summed E-state index contributed by atoms with van der Waals surface area (Å²) in [7, 11) is 0. The monoisotopic (exact) mass is 298 g/mol. The SMILES string of the molecule is Nc1nc(-c2ccc(-c3ccccn3)cc2)c2ccccc2n1. The maximum Gasteiger partial charge on any atom is 0.221 e. The van der Waals surface area contributed by atoms with Crippen LogP contribution < -0.4 is 5.73 Å². The normalized spacial score (nSPS) is 10.8. The zero-order valence-corrected chi connectivity index (χ0v) is 12.3. The lowest BCUT2D eigenvalue weighted by molar-refractivity contribution is 1.24. The predicted octanol–water partition coefficient (Wildman–Crippen LogP) is 3.94. The molecule has 0 bridgehead atoms. The van der Waals surface area contributed by atoms with Crippen molar-refractivity contribution in [2.75, 3.05) is 5.73 Å². The topological polar surface area (TPSA) is 64.7 Å². The molecule has 23 heavy (non-hydrogen) atoms. The number of para-hydroxylation sites is 1. The van der Waals surface area contributed by atoms with Gasteiger partial charge < -0.3 is 5.73 Å². The Labute approximate surface area is 133 Å². The van der Waals surface area contributed by atoms with Gasteiger partial charge in [-0.15, -0.1) is 0 Å². The summed E-state index contributed by atoms with van der Waals surface area (Å²) in [6, 6.07) is 21.9. The molecule has 0 unspecified atom stereocenters. The molecule has 2 aromatic carbocycles. The number of aromatic nitrogens is 3. The average Bonchev–Trinajstić information content (AvgIpc) is 2.62. The van der Waals surface area contributed by atoms with Gasteiger partial charge in [-0.2, -0.15) is 0 Å². The molecule has 0 aliphatic carbocycles. The summed E-state index contributed by atoms with van der Waals surface area (Å²) in [6.07, 6.45) is 1.79. The summed E-state index contributed by atoms with van der Waals surface area (Å²) < 4.78 is 0. The van der Waals surface area contributed by atoms with E-state index in [0.29, 0.717) is 0 Å². The number of fused-ring (bicyclic) bond motifs is 1. The highest BCUT2D eigenvalue weighted by molar-refractivity contribution is 5.93. The highest BCUT2D eigenvalue weighted by Crippen LogP contribution is 2.28. The van der Waals surface area contributed by atoms with E-state index in [0.717, 1.165) is 33.4 Å². The number of nitrogens with zero attached hydrogens (tertiary/aromatic N) is 3. The Morgan fingerprint density at radius 3 is 2.22 bits per heavy atom. The third-order valence-electron chi connectivity index (χ3n) is 3.74. The minimum absolute atomic E-state index is 0.285. The van der Waals surface area contributed by atoms with E-state index in [-0.39, 0.29) is 5.95 Å². The van der Waals surface area contributed by atoms with Crippen LogP contribution in [0.1, 0.15) is 0 Å². The Bertz CT molecular complexity index is 963. The highest BCUT2D eigenvalue weighted by Gasteiger charge is 2.08. The lowest BCUT2D eigenvalue weighted by atomic mass is 10.0. The third kappa shape index (κ3) is 2.51. The smallest absolute Gasteiger partial charge is 0.221 e. The van der Waals surface area contributed by atoms with Crippen LogP contribution in [-0.4, -0.2) is 15.0 Å². The molecule has 2 heterocycles. The molecule has 4 rings (SSSR count). The van der Waals surface area contributed by atoms with Crippen molar-refractivity contribution in [2.45, 2.75) is 0 Å². The number of rotatable bonds is 2. The first kappa shape index (κ1) is 13.4. The maximum absolute atomic E-state index is 5.85. The van der Waals surface area contributed by atoms with Crippen molar-refractivity contribution in [3.63, 3.8) is 0 Å². The van der Waals surface area contributed by atoms with E-state index in [2.05, 4.69) is 15.0 Å². The van der Waals surface area contributed by atoms with Gasteiger partial charge in [0, 0.05) is 22.7 Å². The van der Waals surface area contributed by atoms with Crippen LogP contribution in [0.25, 0.3) is 33.4 Å². The quantitative estimate of drug-likeness (QED) is 0.608. The molecule has 0 amide bonds. The Morgan fingerprint density at radius 2 is 1.43 bits per heavy atom. The molecule has 0 saturated carbocycles. The summed E-state index contributed by atoms with van der Waals surface area (Å²) in [4.78, 5) is 13.1. The zero-order chi connectivity index (χ0) is 15.6. The fourth-order valence-electron chi connectivity index (χ4n) is 2.65. The Balaban J connectivity index is 1.83. The molecule has 4 nitrogen and oxygen atoms in total. The van der Waals surface area contributed by atoms with Gasteiger partial charge in [0.25, 0.3) is 0 Å². The molecule has 0 saturated heterocycles. The number of anilines is 1. The highest BCUT2D eigenvalue weighted by atomic mass is 15.0. The van der Waals surface area contributed by atoms with E-state index in [1.165, 1.54) is 0 Å². The molecule has 0 atom stereocenters. The standard InChI is InChI=1S/C19H14N4/c20-19-22-17-7-2-1-5-15(17)18(23-19)14-10-8-13(9-11-14)16-6-3-4-12-21-16/h1-12H,(H2,20,22,23). The van der Waals surface area contributed by atoms with Crippen LogP contribution in [0.5, 0.6) is 0 Å². The van der Waals surface area contributed by atoms with E-state index in [4.69, 9.17) is 5.73 Å². The number of pyridine rings is 1. The van der Waals surface area contributed by atoms with Crippen molar-refractivity contribution in [1.82, 2.24) is 15.0 Å². The van der Waals surface area contributed by atoms with Crippen LogP contribution >= 0.6 is 0 Å². The third-order valence-corrected chi connectivity index (χ3v) is 3.74. The Hall–Kier alpha value is -3.27. The molecule has 2 aromatic heterocycles. The van der Waals surface area contributed by atoms with Crippen LogP contribution in [0, 0.1) is 0 Å². The first-order chi connectivity index (χ1) is 11.3. The first-order valence-electron chi connectivity index (χ1n) is 7.35. The van der Waals surface area contributed by atoms with Crippen molar-refractivity contribution >= 4 is 16.9 Å². The summed E-state index contributed by atoms with van der Waals surface area (Å²) in [5.74, 6) is 0.285. The Morgan fingerprint density at radius 1 is 0.696 bits per heavy atom. The Kier molecular flexibility index (Phi) is 3.20. The molecule has 0 spiro atoms. The second-order valence-corrected chi connectivity index (χ2v) is 5.24. The summed E-state index contributed by atoms with van der Waals surface area (Å²) >= 11 is 0. The van der Waals surface area contributed by atoms with Gasteiger partial charge in [-0.1, -0.05) is 48.5 Å². The number of hydrogen-bond donors (Lipinski definition) is 1. The molecule has 4 aromatic rings. The van der Waals surface area contributed by atoms with E-state index in [9.17, 15) is 0 Å². The molecular formula is C19H14N4. The second-order valence-electron chi connectivity index (χ2n) is 5.24. The van der Waals surface area contributed by atoms with E-state index in [1.54, 1.807) is 6.20 Å². The molecular weight excluding hydrogens is 284 g/mol. The summed E-state index contributed by atoms with van der Waals surface area (Å²) in [5.41, 5.74) is 10.6. The zero-order valence-electron chi connectivity index (χ0n) is 12.3. The number of benzene rings is 2. The lowest BCUT2D eigenvalue weighted by Crippen LogP contribution is -1.98. The minimum Gasteiger partial charge on any atom is -0.368 e. The van der Waals surface area contributed by atoms with Gasteiger partial charge in [0.05, 0.1) is 16.9 Å². The van der Waals surface area contributed by atoms with Gasteiger partial charge >= 0.3 is 0 Å². The van der Waals surface area contributed by atoms with Crippen molar-refractivity contribution < 1.29 is 0 Å². The van der Waals surface area contributed by atoms with Crippen molar-refractivity contribution in [2.24, 2.45) is 0 Å². The fourth-order valence-corrected chi connectivity index (χ4v) is 2.65. The largest absolute Gasteiger partial charge is 0.368 e. The molecule has 4 heteroatoms. The molecule has 0 aliphatic heterocycles. The maximum atomic E-state index is 5.85. The van der Waals surface area contributed by atoms with Crippen LogP contribution in [0.15, 0.2) is 72.9 Å². The number of hydrogen-bond acceptors (Lipinski definition) is 4. The van der Waals surface area contributed by atoms with E-state index >= 15 is 0 Å². The molecule has 110 valence electrons. The predicted molar refractivity (Wildman–Crippen MR) is 92.6 cm³/mol. The van der Waals surface area contributed by atoms with Crippen LogP contribution in [-0.2, 0) is 0 Å². The van der Waals surface area contributed by atoms with Crippen molar-refractivity contribution in [1.29, 1.82) is 0 Å². The van der Waals surface area contributed by atoms with Gasteiger partial charge in [-0.25, -0.2) is 9.97 Å². The average molecular weight is 298 g/mol. The second kappa shape index (κ2) is 5.50. The van der Waals surface area contributed by atoms with Crippen molar-refractivity contribution in [3.8, 4) is 22.5 Å². The molecule has 2 N–H and O–H groups in total. The number of nitrogen functional groups attached to an aromatic ring is 1. The van der Waals surface area contributed by atoms with Crippen molar-refractivity contribution in [3.05, 3.63) is 72.9 Å². The number of nitrogens with two attached hydrogens (primary N) is 1. The molecule has 0 aliphatic rings. The lowest BCUT2D eigenvalue weighted by Gasteiger charge is -2.08. The van der Waals surface area contributed by atoms with E-state index in [1.807, 2.05) is 66.7 Å². The molecule has 0 radical (unpaired) electrons.